The minimum Gasteiger partial charge on any atom is -0.328 e. The normalized spacial score (nSPS) is 17.5. The van der Waals surface area contributed by atoms with Crippen LogP contribution in [0.4, 0.5) is 5.69 Å². The third-order valence-electron chi connectivity index (χ3n) is 4.81. The van der Waals surface area contributed by atoms with Crippen molar-refractivity contribution in [3.05, 3.63) is 64.1 Å². The zero-order chi connectivity index (χ0) is 16.7. The number of carbonyl (C=O) groups is 2. The number of nitrogens with one attached hydrogen (secondary N) is 1. The molecule has 2 amide bonds. The predicted molar refractivity (Wildman–Crippen MR) is 96.0 cm³/mol. The van der Waals surface area contributed by atoms with E-state index in [0.29, 0.717) is 6.54 Å². The van der Waals surface area contributed by atoms with Gasteiger partial charge in [0.25, 0.3) is 5.91 Å². The molecule has 1 aliphatic heterocycles. The summed E-state index contributed by atoms with van der Waals surface area (Å²) in [5.41, 5.74) is 2.65. The fraction of sp³-hybridized carbons (Fsp3) is 0.263. The first-order chi connectivity index (χ1) is 11.6. The van der Waals surface area contributed by atoms with E-state index in [1.807, 2.05) is 42.5 Å². The van der Waals surface area contributed by atoms with Crippen LogP contribution in [-0.4, -0.2) is 29.8 Å². The Balaban J connectivity index is 1.54. The van der Waals surface area contributed by atoms with E-state index in [1.54, 1.807) is 4.90 Å². The average molecular weight is 385 g/mol. The molecule has 0 aromatic heterocycles. The summed E-state index contributed by atoms with van der Waals surface area (Å²) >= 11 is 3.49. The van der Waals surface area contributed by atoms with Crippen LogP contribution in [0.1, 0.15) is 28.8 Å². The lowest BCUT2D eigenvalue weighted by Crippen LogP contribution is -2.46. The van der Waals surface area contributed by atoms with Gasteiger partial charge in [0.15, 0.2) is 0 Å². The minimum absolute atomic E-state index is 0.0417. The highest BCUT2D eigenvalue weighted by molar-refractivity contribution is 9.10. The Hall–Kier alpha value is -2.14. The lowest BCUT2D eigenvalue weighted by molar-refractivity contribution is -0.117. The first kappa shape index (κ1) is 15.4. The Morgan fingerprint density at radius 3 is 2.62 bits per heavy atom. The van der Waals surface area contributed by atoms with E-state index in [-0.39, 0.29) is 23.8 Å². The largest absolute Gasteiger partial charge is 0.328 e. The molecule has 1 spiro atoms. The van der Waals surface area contributed by atoms with Gasteiger partial charge in [-0.15, -0.1) is 0 Å². The van der Waals surface area contributed by atoms with E-state index in [2.05, 4.69) is 27.3 Å². The number of carbonyl (C=O) groups excluding carboxylic acids is 2. The zero-order valence-electron chi connectivity index (χ0n) is 13.1. The van der Waals surface area contributed by atoms with E-state index in [0.717, 1.165) is 34.1 Å². The van der Waals surface area contributed by atoms with Gasteiger partial charge in [0.1, 0.15) is 6.54 Å². The third kappa shape index (κ3) is 2.73. The van der Waals surface area contributed by atoms with Crippen LogP contribution in [0.2, 0.25) is 0 Å². The van der Waals surface area contributed by atoms with Gasteiger partial charge >= 0.3 is 0 Å². The van der Waals surface area contributed by atoms with Crippen LogP contribution in [0, 0.1) is 0 Å². The highest BCUT2D eigenvalue weighted by Gasteiger charge is 2.51. The molecule has 5 heteroatoms. The molecule has 4 nitrogen and oxygen atoms in total. The van der Waals surface area contributed by atoms with Crippen molar-refractivity contribution in [3.8, 4) is 0 Å². The molecule has 0 bridgehead atoms. The summed E-state index contributed by atoms with van der Waals surface area (Å²) < 4.78 is 0.996. The highest BCUT2D eigenvalue weighted by atomic mass is 79.9. The molecule has 1 heterocycles. The van der Waals surface area contributed by atoms with Crippen molar-refractivity contribution >= 4 is 33.4 Å². The van der Waals surface area contributed by atoms with Gasteiger partial charge in [-0.3, -0.25) is 9.59 Å². The fourth-order valence-electron chi connectivity index (χ4n) is 3.44. The topological polar surface area (TPSA) is 49.4 Å². The van der Waals surface area contributed by atoms with Gasteiger partial charge in [0, 0.05) is 27.7 Å². The van der Waals surface area contributed by atoms with Crippen LogP contribution in [0.5, 0.6) is 0 Å². The number of anilines is 1. The molecule has 2 aromatic rings. The Morgan fingerprint density at radius 1 is 1.17 bits per heavy atom. The minimum atomic E-state index is -0.161. The van der Waals surface area contributed by atoms with Crippen molar-refractivity contribution in [1.29, 1.82) is 0 Å². The number of nitrogens with zero attached hydrogens (tertiary/aromatic N) is 1. The van der Waals surface area contributed by atoms with Crippen molar-refractivity contribution in [2.24, 2.45) is 0 Å². The number of fused-ring (bicyclic) bond motifs is 2. The summed E-state index contributed by atoms with van der Waals surface area (Å²) in [6, 6.07) is 15.1. The van der Waals surface area contributed by atoms with Gasteiger partial charge in [0.05, 0.1) is 0 Å². The second-order valence-corrected chi connectivity index (χ2v) is 7.46. The average Bonchev–Trinajstić information content (AvgIpc) is 3.34. The molecule has 0 unspecified atom stereocenters. The van der Waals surface area contributed by atoms with Gasteiger partial charge in [-0.1, -0.05) is 34.1 Å². The first-order valence-corrected chi connectivity index (χ1v) is 8.81. The van der Waals surface area contributed by atoms with Crippen molar-refractivity contribution in [2.75, 3.05) is 18.4 Å². The molecule has 2 aliphatic rings. The molecular weight excluding hydrogens is 368 g/mol. The third-order valence-corrected chi connectivity index (χ3v) is 5.30. The molecule has 122 valence electrons. The van der Waals surface area contributed by atoms with E-state index < -0.39 is 0 Å². The molecule has 1 saturated carbocycles. The number of hydrogen-bond donors (Lipinski definition) is 1. The Bertz CT molecular complexity index is 815. The summed E-state index contributed by atoms with van der Waals surface area (Å²) in [7, 11) is 0. The Labute approximate surface area is 149 Å². The smallest absolute Gasteiger partial charge is 0.254 e. The van der Waals surface area contributed by atoms with Crippen LogP contribution in [0.25, 0.3) is 0 Å². The van der Waals surface area contributed by atoms with Gasteiger partial charge in [-0.25, -0.2) is 0 Å². The Kier molecular flexibility index (Phi) is 3.68. The molecule has 0 atom stereocenters. The van der Waals surface area contributed by atoms with E-state index >= 15 is 0 Å². The second-order valence-electron chi connectivity index (χ2n) is 6.55. The molecule has 1 N–H and O–H groups in total. The van der Waals surface area contributed by atoms with E-state index in [4.69, 9.17) is 0 Å². The molecule has 1 fully saturated rings. The number of hydrogen-bond acceptors (Lipinski definition) is 2. The van der Waals surface area contributed by atoms with Crippen molar-refractivity contribution in [1.82, 2.24) is 4.90 Å². The maximum absolute atomic E-state index is 12.8. The summed E-state index contributed by atoms with van der Waals surface area (Å²) in [6.45, 7) is 0.711. The second kappa shape index (κ2) is 5.74. The SMILES string of the molecule is O=C(CN1CC2(CC2)c2cc(Br)ccc2C1=O)Nc1ccccc1. The maximum atomic E-state index is 12.8. The summed E-state index contributed by atoms with van der Waals surface area (Å²) in [5, 5.41) is 2.85. The number of rotatable bonds is 3. The molecule has 24 heavy (non-hydrogen) atoms. The van der Waals surface area contributed by atoms with Gasteiger partial charge in [-0.05, 0) is 48.7 Å². The number of benzene rings is 2. The maximum Gasteiger partial charge on any atom is 0.254 e. The lowest BCUT2D eigenvalue weighted by atomic mass is 9.86. The van der Waals surface area contributed by atoms with Crippen molar-refractivity contribution in [2.45, 2.75) is 18.3 Å². The van der Waals surface area contributed by atoms with Gasteiger partial charge in [-0.2, -0.15) is 0 Å². The summed E-state index contributed by atoms with van der Waals surface area (Å²) in [6.07, 6.45) is 2.14. The molecule has 0 radical (unpaired) electrons. The summed E-state index contributed by atoms with van der Waals surface area (Å²) in [5.74, 6) is -0.218. The molecular formula is C19H17BrN2O2. The van der Waals surface area contributed by atoms with Crippen LogP contribution in [-0.2, 0) is 10.2 Å². The predicted octanol–water partition coefficient (Wildman–Crippen LogP) is 3.58. The molecule has 1 aliphatic carbocycles. The number of amides is 2. The van der Waals surface area contributed by atoms with Crippen LogP contribution >= 0.6 is 15.9 Å². The van der Waals surface area contributed by atoms with Crippen molar-refractivity contribution < 1.29 is 9.59 Å². The van der Waals surface area contributed by atoms with Crippen molar-refractivity contribution in [3.63, 3.8) is 0 Å². The van der Waals surface area contributed by atoms with E-state index in [9.17, 15) is 9.59 Å². The summed E-state index contributed by atoms with van der Waals surface area (Å²) in [4.78, 5) is 26.8. The fourth-order valence-corrected chi connectivity index (χ4v) is 3.80. The zero-order valence-corrected chi connectivity index (χ0v) is 14.7. The van der Waals surface area contributed by atoms with Gasteiger partial charge in [0.2, 0.25) is 5.91 Å². The Morgan fingerprint density at radius 2 is 1.92 bits per heavy atom. The lowest BCUT2D eigenvalue weighted by Gasteiger charge is -2.34. The molecule has 0 saturated heterocycles. The molecule has 4 rings (SSSR count). The van der Waals surface area contributed by atoms with Crippen LogP contribution in [0.15, 0.2) is 53.0 Å². The quantitative estimate of drug-likeness (QED) is 0.878. The van der Waals surface area contributed by atoms with Crippen LogP contribution < -0.4 is 5.32 Å². The number of halogens is 1. The van der Waals surface area contributed by atoms with Crippen LogP contribution in [0.3, 0.4) is 0 Å². The standard InChI is InChI=1S/C19H17BrN2O2/c20-13-6-7-15-16(10-13)19(8-9-19)12-22(18(15)24)11-17(23)21-14-4-2-1-3-5-14/h1-7,10H,8-9,11-12H2,(H,21,23). The van der Waals surface area contributed by atoms with E-state index in [1.165, 1.54) is 0 Å². The number of para-hydroxylation sites is 1. The molecule has 2 aromatic carbocycles. The first-order valence-electron chi connectivity index (χ1n) is 8.02. The highest BCUT2D eigenvalue weighted by Crippen LogP contribution is 2.52. The monoisotopic (exact) mass is 384 g/mol. The van der Waals surface area contributed by atoms with Gasteiger partial charge < -0.3 is 10.2 Å².